The average Bonchev–Trinajstić information content (AvgIpc) is 2.92. The van der Waals surface area contributed by atoms with Gasteiger partial charge in [0, 0.05) is 0 Å². The van der Waals surface area contributed by atoms with Gasteiger partial charge in [-0.05, 0) is 46.5 Å². The van der Waals surface area contributed by atoms with Crippen molar-refractivity contribution >= 4 is 11.3 Å². The molecule has 1 aliphatic rings. The van der Waals surface area contributed by atoms with Crippen molar-refractivity contribution in [1.82, 2.24) is 5.32 Å². The summed E-state index contributed by atoms with van der Waals surface area (Å²) in [6.45, 7) is 2.53. The fourth-order valence-electron chi connectivity index (χ4n) is 2.38. The van der Waals surface area contributed by atoms with Crippen LogP contribution >= 0.6 is 11.3 Å². The van der Waals surface area contributed by atoms with Crippen LogP contribution in [0.3, 0.4) is 0 Å². The van der Waals surface area contributed by atoms with Crippen LogP contribution in [0.4, 0.5) is 0 Å². The molecule has 3 rings (SSSR count). The zero-order chi connectivity index (χ0) is 12.2. The Balaban J connectivity index is 1.60. The maximum Gasteiger partial charge on any atom is 0.0721 e. The first kappa shape index (κ1) is 11.9. The van der Waals surface area contributed by atoms with E-state index < -0.39 is 0 Å². The lowest BCUT2D eigenvalue weighted by Gasteiger charge is -2.26. The predicted octanol–water partition coefficient (Wildman–Crippen LogP) is 3.15. The lowest BCUT2D eigenvalue weighted by atomic mass is 9.99. The number of thiophene rings is 1. The van der Waals surface area contributed by atoms with Gasteiger partial charge in [0.25, 0.3) is 0 Å². The maximum absolute atomic E-state index is 5.64. The van der Waals surface area contributed by atoms with Crippen molar-refractivity contribution in [2.24, 2.45) is 0 Å². The standard InChI is InChI=1S/C15H17NOS/c1-2-4-14-13(3-1)9-17-10-15(14)16-7-5-12-6-8-18-11-12/h1-4,6,8,11,15-16H,5,7,9-10H2. The summed E-state index contributed by atoms with van der Waals surface area (Å²) in [5.74, 6) is 0. The molecule has 0 amide bonds. The van der Waals surface area contributed by atoms with Gasteiger partial charge in [0.15, 0.2) is 0 Å². The van der Waals surface area contributed by atoms with Crippen LogP contribution in [-0.2, 0) is 17.8 Å². The van der Waals surface area contributed by atoms with E-state index >= 15 is 0 Å². The van der Waals surface area contributed by atoms with Gasteiger partial charge < -0.3 is 10.1 Å². The Bertz CT molecular complexity index is 495. The highest BCUT2D eigenvalue weighted by Crippen LogP contribution is 2.24. The Hall–Kier alpha value is -1.16. The van der Waals surface area contributed by atoms with Crippen molar-refractivity contribution in [3.8, 4) is 0 Å². The van der Waals surface area contributed by atoms with E-state index in [1.165, 1.54) is 16.7 Å². The minimum absolute atomic E-state index is 0.341. The molecule has 0 fully saturated rings. The fourth-order valence-corrected chi connectivity index (χ4v) is 3.08. The lowest BCUT2D eigenvalue weighted by molar-refractivity contribution is 0.0824. The topological polar surface area (TPSA) is 21.3 Å². The zero-order valence-electron chi connectivity index (χ0n) is 10.3. The van der Waals surface area contributed by atoms with Gasteiger partial charge in [0.2, 0.25) is 0 Å². The number of benzene rings is 1. The highest BCUT2D eigenvalue weighted by molar-refractivity contribution is 7.07. The van der Waals surface area contributed by atoms with Crippen LogP contribution in [0.1, 0.15) is 22.7 Å². The molecule has 0 radical (unpaired) electrons. The molecule has 1 unspecified atom stereocenters. The molecule has 1 N–H and O–H groups in total. The second kappa shape index (κ2) is 5.65. The van der Waals surface area contributed by atoms with E-state index in [-0.39, 0.29) is 0 Å². The molecule has 94 valence electrons. The monoisotopic (exact) mass is 259 g/mol. The Kier molecular flexibility index (Phi) is 3.74. The number of rotatable bonds is 4. The third-order valence-electron chi connectivity index (χ3n) is 3.36. The minimum atomic E-state index is 0.341. The van der Waals surface area contributed by atoms with Crippen LogP contribution in [0.2, 0.25) is 0 Å². The van der Waals surface area contributed by atoms with Crippen molar-refractivity contribution in [2.75, 3.05) is 13.2 Å². The average molecular weight is 259 g/mol. The van der Waals surface area contributed by atoms with Crippen LogP contribution in [0, 0.1) is 0 Å². The number of hydrogen-bond donors (Lipinski definition) is 1. The van der Waals surface area contributed by atoms with Gasteiger partial charge in [-0.1, -0.05) is 24.3 Å². The van der Waals surface area contributed by atoms with E-state index in [0.717, 1.165) is 26.2 Å². The summed E-state index contributed by atoms with van der Waals surface area (Å²) in [4.78, 5) is 0. The quantitative estimate of drug-likeness (QED) is 0.910. The zero-order valence-corrected chi connectivity index (χ0v) is 11.1. The maximum atomic E-state index is 5.64. The molecule has 1 atom stereocenters. The third kappa shape index (κ3) is 2.64. The van der Waals surface area contributed by atoms with Gasteiger partial charge >= 0.3 is 0 Å². The van der Waals surface area contributed by atoms with Crippen LogP contribution in [-0.4, -0.2) is 13.2 Å². The van der Waals surface area contributed by atoms with Crippen LogP contribution in [0.5, 0.6) is 0 Å². The van der Waals surface area contributed by atoms with Crippen LogP contribution in [0.15, 0.2) is 41.1 Å². The number of ether oxygens (including phenoxy) is 1. The van der Waals surface area contributed by atoms with Gasteiger partial charge in [-0.15, -0.1) is 0 Å². The summed E-state index contributed by atoms with van der Waals surface area (Å²) in [5, 5.41) is 7.94. The third-order valence-corrected chi connectivity index (χ3v) is 4.09. The van der Waals surface area contributed by atoms with E-state index in [1.807, 2.05) is 0 Å². The molecule has 18 heavy (non-hydrogen) atoms. The molecule has 3 heteroatoms. The second-order valence-corrected chi connectivity index (χ2v) is 5.38. The lowest BCUT2D eigenvalue weighted by Crippen LogP contribution is -2.31. The first-order chi connectivity index (χ1) is 8.93. The summed E-state index contributed by atoms with van der Waals surface area (Å²) < 4.78 is 5.64. The fraction of sp³-hybridized carbons (Fsp3) is 0.333. The first-order valence-corrected chi connectivity index (χ1v) is 7.28. The van der Waals surface area contributed by atoms with E-state index in [1.54, 1.807) is 11.3 Å². The van der Waals surface area contributed by atoms with E-state index in [9.17, 15) is 0 Å². The predicted molar refractivity (Wildman–Crippen MR) is 74.9 cm³/mol. The molecule has 2 heterocycles. The molecule has 1 aliphatic heterocycles. The summed E-state index contributed by atoms with van der Waals surface area (Å²) in [5.41, 5.74) is 4.13. The van der Waals surface area contributed by atoms with Gasteiger partial charge in [0.1, 0.15) is 0 Å². The van der Waals surface area contributed by atoms with Crippen LogP contribution in [0.25, 0.3) is 0 Å². The summed E-state index contributed by atoms with van der Waals surface area (Å²) >= 11 is 1.76. The molecular weight excluding hydrogens is 242 g/mol. The van der Waals surface area contributed by atoms with E-state index in [4.69, 9.17) is 4.74 Å². The van der Waals surface area contributed by atoms with Gasteiger partial charge in [0.05, 0.1) is 19.3 Å². The summed E-state index contributed by atoms with van der Waals surface area (Å²) in [7, 11) is 0. The first-order valence-electron chi connectivity index (χ1n) is 6.33. The molecule has 0 saturated heterocycles. The van der Waals surface area contributed by atoms with E-state index in [2.05, 4.69) is 46.4 Å². The van der Waals surface area contributed by atoms with Gasteiger partial charge in [-0.3, -0.25) is 0 Å². The van der Waals surface area contributed by atoms with Crippen molar-refractivity contribution < 1.29 is 4.74 Å². The molecule has 2 nitrogen and oxygen atoms in total. The molecule has 0 aliphatic carbocycles. The SMILES string of the molecule is c1ccc2c(c1)COCC2NCCc1ccsc1. The highest BCUT2D eigenvalue weighted by atomic mass is 32.1. The Labute approximate surface area is 112 Å². The summed E-state index contributed by atoms with van der Waals surface area (Å²) in [6, 6.07) is 11.1. The molecule has 0 saturated carbocycles. The smallest absolute Gasteiger partial charge is 0.0721 e. The number of hydrogen-bond acceptors (Lipinski definition) is 3. The van der Waals surface area contributed by atoms with Gasteiger partial charge in [-0.2, -0.15) is 11.3 Å². The highest BCUT2D eigenvalue weighted by Gasteiger charge is 2.19. The minimum Gasteiger partial charge on any atom is -0.375 e. The van der Waals surface area contributed by atoms with E-state index in [0.29, 0.717) is 6.04 Å². The van der Waals surface area contributed by atoms with Crippen LogP contribution < -0.4 is 5.32 Å². The molecular formula is C15H17NOS. The normalized spacial score (nSPS) is 18.6. The van der Waals surface area contributed by atoms with Gasteiger partial charge in [-0.25, -0.2) is 0 Å². The van der Waals surface area contributed by atoms with Crippen molar-refractivity contribution in [3.05, 3.63) is 57.8 Å². The Morgan fingerprint density at radius 1 is 1.28 bits per heavy atom. The van der Waals surface area contributed by atoms with Crippen molar-refractivity contribution in [2.45, 2.75) is 19.1 Å². The Morgan fingerprint density at radius 2 is 2.22 bits per heavy atom. The Morgan fingerprint density at radius 3 is 3.11 bits per heavy atom. The molecule has 0 spiro atoms. The number of fused-ring (bicyclic) bond motifs is 1. The molecule has 0 bridgehead atoms. The second-order valence-electron chi connectivity index (χ2n) is 4.60. The number of nitrogens with one attached hydrogen (secondary N) is 1. The van der Waals surface area contributed by atoms with Crippen molar-refractivity contribution in [3.63, 3.8) is 0 Å². The van der Waals surface area contributed by atoms with Crippen molar-refractivity contribution in [1.29, 1.82) is 0 Å². The summed E-state index contributed by atoms with van der Waals surface area (Å²) in [6.07, 6.45) is 1.09. The molecule has 1 aromatic carbocycles. The largest absolute Gasteiger partial charge is 0.375 e. The molecule has 2 aromatic rings. The molecule has 1 aromatic heterocycles.